The van der Waals surface area contributed by atoms with Crippen LogP contribution in [0.15, 0.2) is 164 Å². The first-order valence-corrected chi connectivity index (χ1v) is 18.1. The van der Waals surface area contributed by atoms with Crippen LogP contribution in [0.4, 0.5) is 0 Å². The molecule has 1 aliphatic carbocycles. The summed E-state index contributed by atoms with van der Waals surface area (Å²) in [6.45, 7) is 4.62. The van der Waals surface area contributed by atoms with E-state index < -0.39 is 0 Å². The topological polar surface area (TPSA) is 48.5 Å². The van der Waals surface area contributed by atoms with Gasteiger partial charge in [-0.25, -0.2) is 4.98 Å². The molecular formula is C48H33N5. The third kappa shape index (κ3) is 4.28. The van der Waals surface area contributed by atoms with E-state index in [1.165, 1.54) is 33.0 Å². The third-order valence-electron chi connectivity index (χ3n) is 11.2. The van der Waals surface area contributed by atoms with E-state index in [0.717, 1.165) is 49.7 Å². The molecule has 250 valence electrons. The fourth-order valence-electron chi connectivity index (χ4n) is 8.87. The molecule has 0 radical (unpaired) electrons. The Hall–Kier alpha value is -6.85. The van der Waals surface area contributed by atoms with E-state index in [1.807, 2.05) is 0 Å². The number of benzene rings is 7. The standard InChI is InChI=1S/C48H33N5/c1-48(2)39-24-8-3-17-32(39)37-22-14-23-38(44(37)48)46-49-45(50-47(51-46)53-42-27-11-6-20-35(42)36-21-7-12-28-43(36)53)30-15-13-16-31(29-30)52-40-25-9-4-18-33(40)34-19-5-10-26-41(34)52/h3-29H,1-2H3. The molecule has 3 heterocycles. The number of hydrogen-bond acceptors (Lipinski definition) is 3. The van der Waals surface area contributed by atoms with Crippen molar-refractivity contribution < 1.29 is 0 Å². The predicted molar refractivity (Wildman–Crippen MR) is 217 cm³/mol. The van der Waals surface area contributed by atoms with E-state index in [-0.39, 0.29) is 5.41 Å². The zero-order chi connectivity index (χ0) is 35.3. The van der Waals surface area contributed by atoms with Gasteiger partial charge in [0, 0.05) is 43.8 Å². The molecule has 0 fully saturated rings. The quantitative estimate of drug-likeness (QED) is 0.186. The Morgan fingerprint density at radius 1 is 0.415 bits per heavy atom. The third-order valence-corrected chi connectivity index (χ3v) is 11.2. The Balaban J connectivity index is 1.19. The van der Waals surface area contributed by atoms with Gasteiger partial charge in [0.05, 0.1) is 22.1 Å². The summed E-state index contributed by atoms with van der Waals surface area (Å²) in [5, 5.41) is 4.78. The van der Waals surface area contributed by atoms with Gasteiger partial charge in [0.25, 0.3) is 0 Å². The fourth-order valence-corrected chi connectivity index (χ4v) is 8.87. The van der Waals surface area contributed by atoms with Gasteiger partial charge in [0.15, 0.2) is 11.6 Å². The van der Waals surface area contributed by atoms with Crippen LogP contribution in [0.1, 0.15) is 25.0 Å². The minimum Gasteiger partial charge on any atom is -0.309 e. The molecule has 0 spiro atoms. The first kappa shape index (κ1) is 29.8. The van der Waals surface area contributed by atoms with Crippen LogP contribution in [0.3, 0.4) is 0 Å². The van der Waals surface area contributed by atoms with Crippen molar-refractivity contribution >= 4 is 43.6 Å². The number of nitrogens with zero attached hydrogens (tertiary/aromatic N) is 5. The van der Waals surface area contributed by atoms with Crippen molar-refractivity contribution in [3.63, 3.8) is 0 Å². The molecular weight excluding hydrogens is 647 g/mol. The average molecular weight is 680 g/mol. The second-order valence-corrected chi connectivity index (χ2v) is 14.5. The molecule has 1 aliphatic rings. The van der Waals surface area contributed by atoms with E-state index in [2.05, 4.69) is 187 Å². The molecule has 0 atom stereocenters. The van der Waals surface area contributed by atoms with Crippen LogP contribution in [0.2, 0.25) is 0 Å². The lowest BCUT2D eigenvalue weighted by atomic mass is 9.80. The molecule has 7 aromatic carbocycles. The Bertz CT molecular complexity index is 3000. The number of hydrogen-bond donors (Lipinski definition) is 0. The molecule has 0 N–H and O–H groups in total. The largest absolute Gasteiger partial charge is 0.309 e. The Kier molecular flexibility index (Phi) is 6.23. The van der Waals surface area contributed by atoms with Gasteiger partial charge in [-0.3, -0.25) is 4.57 Å². The maximum absolute atomic E-state index is 5.37. The molecule has 0 saturated carbocycles. The molecule has 5 nitrogen and oxygen atoms in total. The van der Waals surface area contributed by atoms with Gasteiger partial charge in [-0.2, -0.15) is 9.97 Å². The van der Waals surface area contributed by atoms with Crippen molar-refractivity contribution in [1.29, 1.82) is 0 Å². The summed E-state index contributed by atoms with van der Waals surface area (Å²) in [4.78, 5) is 16.0. The van der Waals surface area contributed by atoms with Crippen LogP contribution < -0.4 is 0 Å². The van der Waals surface area contributed by atoms with Crippen LogP contribution >= 0.6 is 0 Å². The SMILES string of the molecule is CC1(C)c2ccccc2-c2cccc(-c3nc(-c4cccc(-n5c6ccccc6c6ccccc65)c4)nc(-n4c5ccccc5c5ccccc54)n3)c21. The summed E-state index contributed by atoms with van der Waals surface area (Å²) < 4.78 is 4.53. The summed E-state index contributed by atoms with van der Waals surface area (Å²) in [5.41, 5.74) is 12.3. The van der Waals surface area contributed by atoms with Crippen molar-refractivity contribution in [2.24, 2.45) is 0 Å². The summed E-state index contributed by atoms with van der Waals surface area (Å²) in [6, 6.07) is 58.1. The highest BCUT2D eigenvalue weighted by molar-refractivity contribution is 6.10. The first-order chi connectivity index (χ1) is 26.1. The monoisotopic (exact) mass is 679 g/mol. The highest BCUT2D eigenvalue weighted by Crippen LogP contribution is 2.51. The van der Waals surface area contributed by atoms with Crippen LogP contribution in [0, 0.1) is 0 Å². The van der Waals surface area contributed by atoms with Crippen molar-refractivity contribution in [3.05, 3.63) is 175 Å². The molecule has 3 aromatic heterocycles. The Labute approximate surface area is 306 Å². The van der Waals surface area contributed by atoms with Gasteiger partial charge in [-0.1, -0.05) is 141 Å². The fraction of sp³-hybridized carbons (Fsp3) is 0.0625. The van der Waals surface area contributed by atoms with Crippen LogP contribution in [-0.2, 0) is 5.41 Å². The number of fused-ring (bicyclic) bond motifs is 9. The summed E-state index contributed by atoms with van der Waals surface area (Å²) in [6.07, 6.45) is 0. The lowest BCUT2D eigenvalue weighted by molar-refractivity contribution is 0.661. The van der Waals surface area contributed by atoms with Crippen molar-refractivity contribution in [3.8, 4) is 45.5 Å². The highest BCUT2D eigenvalue weighted by atomic mass is 15.2. The van der Waals surface area contributed by atoms with E-state index in [0.29, 0.717) is 17.6 Å². The van der Waals surface area contributed by atoms with Gasteiger partial charge in [0.1, 0.15) is 0 Å². The van der Waals surface area contributed by atoms with Crippen molar-refractivity contribution in [2.45, 2.75) is 19.3 Å². The molecule has 0 amide bonds. The van der Waals surface area contributed by atoms with Crippen LogP contribution in [-0.4, -0.2) is 24.1 Å². The van der Waals surface area contributed by atoms with Crippen molar-refractivity contribution in [2.75, 3.05) is 0 Å². The average Bonchev–Trinajstić information content (AvgIpc) is 3.81. The maximum Gasteiger partial charge on any atom is 0.238 e. The molecule has 0 unspecified atom stereocenters. The van der Waals surface area contributed by atoms with E-state index in [1.54, 1.807) is 0 Å². The zero-order valence-electron chi connectivity index (χ0n) is 29.3. The van der Waals surface area contributed by atoms with E-state index in [9.17, 15) is 0 Å². The van der Waals surface area contributed by atoms with Gasteiger partial charge in [-0.05, 0) is 58.7 Å². The van der Waals surface area contributed by atoms with Crippen molar-refractivity contribution in [1.82, 2.24) is 24.1 Å². The number of rotatable bonds is 4. The number of para-hydroxylation sites is 4. The molecule has 0 bridgehead atoms. The maximum atomic E-state index is 5.37. The summed E-state index contributed by atoms with van der Waals surface area (Å²) in [5.74, 6) is 1.88. The first-order valence-electron chi connectivity index (χ1n) is 18.1. The molecule has 53 heavy (non-hydrogen) atoms. The lowest BCUT2D eigenvalue weighted by Gasteiger charge is -2.24. The Morgan fingerprint density at radius 2 is 0.906 bits per heavy atom. The lowest BCUT2D eigenvalue weighted by Crippen LogP contribution is -2.17. The predicted octanol–water partition coefficient (Wildman–Crippen LogP) is 11.7. The molecule has 0 saturated heterocycles. The normalized spacial score (nSPS) is 13.2. The highest BCUT2D eigenvalue weighted by Gasteiger charge is 2.38. The minimum atomic E-state index is -0.237. The number of aromatic nitrogens is 5. The molecule has 5 heteroatoms. The molecule has 0 aliphatic heterocycles. The Morgan fingerprint density at radius 3 is 1.55 bits per heavy atom. The van der Waals surface area contributed by atoms with Gasteiger partial charge in [0.2, 0.25) is 5.95 Å². The van der Waals surface area contributed by atoms with Gasteiger partial charge < -0.3 is 4.57 Å². The summed E-state index contributed by atoms with van der Waals surface area (Å²) in [7, 11) is 0. The van der Waals surface area contributed by atoms with Crippen LogP contribution in [0.5, 0.6) is 0 Å². The van der Waals surface area contributed by atoms with Crippen LogP contribution in [0.25, 0.3) is 89.2 Å². The second-order valence-electron chi connectivity index (χ2n) is 14.5. The molecule has 11 rings (SSSR count). The summed E-state index contributed by atoms with van der Waals surface area (Å²) >= 11 is 0. The van der Waals surface area contributed by atoms with Gasteiger partial charge in [-0.15, -0.1) is 0 Å². The van der Waals surface area contributed by atoms with E-state index in [4.69, 9.17) is 15.0 Å². The smallest absolute Gasteiger partial charge is 0.238 e. The molecule has 10 aromatic rings. The zero-order valence-corrected chi connectivity index (χ0v) is 29.3. The van der Waals surface area contributed by atoms with Gasteiger partial charge >= 0.3 is 0 Å². The minimum absolute atomic E-state index is 0.237. The second kappa shape index (κ2) is 11.1. The van der Waals surface area contributed by atoms with E-state index >= 15 is 0 Å².